The van der Waals surface area contributed by atoms with Crippen molar-refractivity contribution < 1.29 is 0 Å². The van der Waals surface area contributed by atoms with E-state index in [-0.39, 0.29) is 11.3 Å². The molecule has 1 aromatic heterocycles. The highest BCUT2D eigenvalue weighted by Gasteiger charge is 2.10. The predicted octanol–water partition coefficient (Wildman–Crippen LogP) is 3.92. The molecule has 0 fully saturated rings. The Hall–Kier alpha value is -1.61. The molecule has 0 spiro atoms. The second-order valence-electron chi connectivity index (χ2n) is 4.39. The number of rotatable bonds is 3. The Balaban J connectivity index is 2.24. The molecule has 4 heteroatoms. The number of benzene rings is 1. The van der Waals surface area contributed by atoms with Crippen molar-refractivity contribution in [2.75, 3.05) is 5.32 Å². The van der Waals surface area contributed by atoms with Crippen LogP contribution in [0.15, 0.2) is 30.5 Å². The molecule has 0 radical (unpaired) electrons. The third-order valence-electron chi connectivity index (χ3n) is 2.95. The Morgan fingerprint density at radius 1 is 1.17 bits per heavy atom. The highest BCUT2D eigenvalue weighted by atomic mass is 35.5. The Kier molecular flexibility index (Phi) is 3.82. The second kappa shape index (κ2) is 5.36. The summed E-state index contributed by atoms with van der Waals surface area (Å²) >= 11 is 5.82. The summed E-state index contributed by atoms with van der Waals surface area (Å²) in [6, 6.07) is 8.48. The number of nitrogens with one attached hydrogen (secondary N) is 1. The zero-order valence-corrected chi connectivity index (χ0v) is 11.5. The summed E-state index contributed by atoms with van der Waals surface area (Å²) in [5.41, 5.74) is 3.50. The summed E-state index contributed by atoms with van der Waals surface area (Å²) in [6.45, 7) is 6.17. The molecule has 1 heterocycles. The second-order valence-corrected chi connectivity index (χ2v) is 4.73. The summed E-state index contributed by atoms with van der Waals surface area (Å²) < 4.78 is 0. The van der Waals surface area contributed by atoms with Crippen LogP contribution in [0.4, 0.5) is 5.82 Å². The first-order valence-electron chi connectivity index (χ1n) is 5.89. The van der Waals surface area contributed by atoms with Crippen molar-refractivity contribution in [1.82, 2.24) is 9.97 Å². The summed E-state index contributed by atoms with van der Waals surface area (Å²) in [5.74, 6) is 0.783. The largest absolute Gasteiger partial charge is 0.363 e. The maximum absolute atomic E-state index is 5.82. The highest BCUT2D eigenvalue weighted by Crippen LogP contribution is 2.23. The first kappa shape index (κ1) is 12.8. The van der Waals surface area contributed by atoms with Crippen molar-refractivity contribution in [3.8, 4) is 0 Å². The smallest absolute Gasteiger partial charge is 0.224 e. The van der Waals surface area contributed by atoms with Crippen LogP contribution in [0, 0.1) is 13.8 Å². The molecule has 0 saturated carbocycles. The fraction of sp³-hybridized carbons (Fsp3) is 0.286. The van der Waals surface area contributed by atoms with Crippen LogP contribution in [0.1, 0.15) is 29.7 Å². The van der Waals surface area contributed by atoms with Gasteiger partial charge in [0, 0.05) is 11.8 Å². The summed E-state index contributed by atoms with van der Waals surface area (Å²) in [6.07, 6.45) is 1.72. The van der Waals surface area contributed by atoms with E-state index in [0.717, 1.165) is 11.4 Å². The van der Waals surface area contributed by atoms with Gasteiger partial charge in [-0.2, -0.15) is 0 Å². The molecule has 1 N–H and O–H groups in total. The van der Waals surface area contributed by atoms with Crippen LogP contribution in [0.25, 0.3) is 0 Å². The maximum atomic E-state index is 5.82. The molecule has 0 aliphatic carbocycles. The fourth-order valence-corrected chi connectivity index (χ4v) is 2.06. The molecular formula is C14H16ClN3. The number of anilines is 1. The van der Waals surface area contributed by atoms with Crippen LogP contribution >= 0.6 is 11.6 Å². The van der Waals surface area contributed by atoms with E-state index >= 15 is 0 Å². The number of hydrogen-bond donors (Lipinski definition) is 1. The van der Waals surface area contributed by atoms with Crippen LogP contribution in [0.3, 0.4) is 0 Å². The number of hydrogen-bond acceptors (Lipinski definition) is 3. The zero-order chi connectivity index (χ0) is 13.1. The van der Waals surface area contributed by atoms with E-state index in [1.54, 1.807) is 6.20 Å². The van der Waals surface area contributed by atoms with E-state index in [0.29, 0.717) is 0 Å². The lowest BCUT2D eigenvalue weighted by molar-refractivity contribution is 0.859. The van der Waals surface area contributed by atoms with Gasteiger partial charge in [0.05, 0.1) is 6.04 Å². The molecule has 2 aromatic rings. The van der Waals surface area contributed by atoms with Crippen molar-refractivity contribution in [2.45, 2.75) is 26.8 Å². The van der Waals surface area contributed by atoms with Gasteiger partial charge in [0.25, 0.3) is 0 Å². The quantitative estimate of drug-likeness (QED) is 0.851. The third-order valence-corrected chi connectivity index (χ3v) is 3.13. The molecule has 2 rings (SSSR count). The molecule has 1 aromatic carbocycles. The van der Waals surface area contributed by atoms with Gasteiger partial charge in [-0.25, -0.2) is 9.97 Å². The van der Waals surface area contributed by atoms with Gasteiger partial charge in [-0.15, -0.1) is 0 Å². The summed E-state index contributed by atoms with van der Waals surface area (Å²) in [4.78, 5) is 8.16. The van der Waals surface area contributed by atoms with Gasteiger partial charge in [-0.3, -0.25) is 0 Å². The molecule has 0 amide bonds. The molecule has 94 valence electrons. The van der Waals surface area contributed by atoms with E-state index < -0.39 is 0 Å². The maximum Gasteiger partial charge on any atom is 0.224 e. The van der Waals surface area contributed by atoms with Crippen molar-refractivity contribution in [3.63, 3.8) is 0 Å². The number of aryl methyl sites for hydroxylation is 2. The Morgan fingerprint density at radius 2 is 1.89 bits per heavy atom. The van der Waals surface area contributed by atoms with Crippen LogP contribution in [-0.2, 0) is 0 Å². The van der Waals surface area contributed by atoms with Gasteiger partial charge >= 0.3 is 0 Å². The highest BCUT2D eigenvalue weighted by molar-refractivity contribution is 6.28. The Morgan fingerprint density at radius 3 is 2.61 bits per heavy atom. The van der Waals surface area contributed by atoms with Crippen molar-refractivity contribution >= 4 is 17.4 Å². The molecule has 1 atom stereocenters. The minimum atomic E-state index is 0.177. The van der Waals surface area contributed by atoms with Crippen LogP contribution in [0.2, 0.25) is 5.28 Å². The lowest BCUT2D eigenvalue weighted by Gasteiger charge is -2.18. The minimum absolute atomic E-state index is 0.177. The minimum Gasteiger partial charge on any atom is -0.363 e. The fourth-order valence-electron chi connectivity index (χ4n) is 1.92. The lowest BCUT2D eigenvalue weighted by Crippen LogP contribution is -2.10. The van der Waals surface area contributed by atoms with Gasteiger partial charge in [-0.05, 0) is 43.5 Å². The molecule has 0 saturated heterocycles. The molecule has 0 aliphatic rings. The van der Waals surface area contributed by atoms with E-state index in [4.69, 9.17) is 11.6 Å². The molecule has 0 aliphatic heterocycles. The zero-order valence-electron chi connectivity index (χ0n) is 10.7. The summed E-state index contributed by atoms with van der Waals surface area (Å²) in [5, 5.41) is 3.64. The Bertz CT molecular complexity index is 554. The first-order chi connectivity index (χ1) is 8.58. The average molecular weight is 262 g/mol. The van der Waals surface area contributed by atoms with Crippen molar-refractivity contribution in [3.05, 3.63) is 52.4 Å². The number of halogens is 1. The van der Waals surface area contributed by atoms with E-state index in [1.807, 2.05) is 19.1 Å². The Labute approximate surface area is 112 Å². The SMILES string of the molecule is Cc1ccccc1C(C)Nc1nc(Cl)ncc1C. The van der Waals surface area contributed by atoms with Gasteiger partial charge in [-0.1, -0.05) is 24.3 Å². The normalized spacial score (nSPS) is 12.2. The first-order valence-corrected chi connectivity index (χ1v) is 6.27. The van der Waals surface area contributed by atoms with Crippen molar-refractivity contribution in [2.24, 2.45) is 0 Å². The number of aromatic nitrogens is 2. The van der Waals surface area contributed by atoms with Gasteiger partial charge in [0.2, 0.25) is 5.28 Å². The van der Waals surface area contributed by atoms with Gasteiger partial charge in [0.1, 0.15) is 5.82 Å². The molecule has 1 unspecified atom stereocenters. The van der Waals surface area contributed by atoms with Crippen LogP contribution in [-0.4, -0.2) is 9.97 Å². The van der Waals surface area contributed by atoms with Crippen molar-refractivity contribution in [1.29, 1.82) is 0 Å². The molecule has 0 bridgehead atoms. The van der Waals surface area contributed by atoms with Crippen LogP contribution < -0.4 is 5.32 Å². The monoisotopic (exact) mass is 261 g/mol. The van der Waals surface area contributed by atoms with Gasteiger partial charge < -0.3 is 5.32 Å². The van der Waals surface area contributed by atoms with E-state index in [1.165, 1.54) is 11.1 Å². The number of nitrogens with zero attached hydrogens (tertiary/aromatic N) is 2. The molecular weight excluding hydrogens is 246 g/mol. The van der Waals surface area contributed by atoms with E-state index in [2.05, 4.69) is 41.3 Å². The average Bonchev–Trinajstić information content (AvgIpc) is 2.34. The molecule has 3 nitrogen and oxygen atoms in total. The summed E-state index contributed by atoms with van der Waals surface area (Å²) in [7, 11) is 0. The molecule has 18 heavy (non-hydrogen) atoms. The predicted molar refractivity (Wildman–Crippen MR) is 75.0 cm³/mol. The van der Waals surface area contributed by atoms with E-state index in [9.17, 15) is 0 Å². The standard InChI is InChI=1S/C14H16ClN3/c1-9-6-4-5-7-12(9)11(3)17-13-10(2)8-16-14(15)18-13/h4-8,11H,1-3H3,(H,16,17,18). The topological polar surface area (TPSA) is 37.8 Å². The third kappa shape index (κ3) is 2.79. The van der Waals surface area contributed by atoms with Crippen LogP contribution in [0.5, 0.6) is 0 Å². The van der Waals surface area contributed by atoms with Gasteiger partial charge in [0.15, 0.2) is 0 Å². The lowest BCUT2D eigenvalue weighted by atomic mass is 10.0.